The fourth-order valence-electron chi connectivity index (χ4n) is 2.58. The van der Waals surface area contributed by atoms with E-state index in [1.807, 2.05) is 6.07 Å². The van der Waals surface area contributed by atoms with E-state index in [1.165, 1.54) is 0 Å². The summed E-state index contributed by atoms with van der Waals surface area (Å²) in [5.41, 5.74) is 2.44. The van der Waals surface area contributed by atoms with Crippen molar-refractivity contribution in [3.05, 3.63) is 29.3 Å². The first-order valence-electron chi connectivity index (χ1n) is 7.25. The Labute approximate surface area is 123 Å². The van der Waals surface area contributed by atoms with E-state index >= 15 is 0 Å². The van der Waals surface area contributed by atoms with Crippen LogP contribution in [0.4, 0.5) is 5.69 Å². The molecule has 0 aromatic heterocycles. The first-order chi connectivity index (χ1) is 10.2. The van der Waals surface area contributed by atoms with Gasteiger partial charge in [-0.2, -0.15) is 0 Å². The minimum atomic E-state index is -0.108. The number of rotatable bonds is 3. The number of benzene rings is 1. The number of nitrogens with one attached hydrogen (secondary N) is 3. The van der Waals surface area contributed by atoms with Crippen molar-refractivity contribution >= 4 is 17.5 Å². The number of ether oxygens (including phenoxy) is 1. The SMILES string of the molecule is O=C1CCc2cc(C(=O)NCC3CNCCO3)ccc2N1. The highest BCUT2D eigenvalue weighted by molar-refractivity contribution is 5.97. The van der Waals surface area contributed by atoms with Gasteiger partial charge >= 0.3 is 0 Å². The molecule has 112 valence electrons. The summed E-state index contributed by atoms with van der Waals surface area (Å²) >= 11 is 0. The minimum absolute atomic E-state index is 0.0274. The number of hydrogen-bond acceptors (Lipinski definition) is 4. The van der Waals surface area contributed by atoms with E-state index in [-0.39, 0.29) is 17.9 Å². The van der Waals surface area contributed by atoms with Gasteiger partial charge in [0.2, 0.25) is 5.91 Å². The van der Waals surface area contributed by atoms with Gasteiger partial charge in [-0.05, 0) is 30.2 Å². The lowest BCUT2D eigenvalue weighted by Crippen LogP contribution is -2.45. The molecule has 3 N–H and O–H groups in total. The molecule has 1 fully saturated rings. The van der Waals surface area contributed by atoms with Crippen molar-refractivity contribution in [1.82, 2.24) is 10.6 Å². The van der Waals surface area contributed by atoms with Crippen molar-refractivity contribution in [2.24, 2.45) is 0 Å². The molecule has 1 aromatic carbocycles. The molecule has 21 heavy (non-hydrogen) atoms. The van der Waals surface area contributed by atoms with Gasteiger partial charge in [-0.15, -0.1) is 0 Å². The van der Waals surface area contributed by atoms with Gasteiger partial charge in [-0.25, -0.2) is 0 Å². The normalized spacial score (nSPS) is 21.3. The van der Waals surface area contributed by atoms with E-state index in [0.717, 1.165) is 24.3 Å². The fraction of sp³-hybridized carbons (Fsp3) is 0.467. The van der Waals surface area contributed by atoms with E-state index in [0.29, 0.717) is 31.6 Å². The maximum atomic E-state index is 12.2. The summed E-state index contributed by atoms with van der Waals surface area (Å²) in [4.78, 5) is 23.5. The zero-order valence-electron chi connectivity index (χ0n) is 11.8. The predicted octanol–water partition coefficient (Wildman–Crippen LogP) is 0.289. The number of fused-ring (bicyclic) bond motifs is 1. The molecule has 0 radical (unpaired) electrons. The average Bonchev–Trinajstić information content (AvgIpc) is 2.53. The Morgan fingerprint density at radius 1 is 1.38 bits per heavy atom. The summed E-state index contributed by atoms with van der Waals surface area (Å²) in [6.07, 6.45) is 1.18. The Morgan fingerprint density at radius 2 is 2.29 bits per heavy atom. The lowest BCUT2D eigenvalue weighted by Gasteiger charge is -2.24. The molecule has 3 rings (SSSR count). The number of carbonyl (C=O) groups excluding carboxylic acids is 2. The molecule has 0 saturated carbocycles. The third kappa shape index (κ3) is 3.40. The van der Waals surface area contributed by atoms with Gasteiger partial charge in [-0.3, -0.25) is 9.59 Å². The molecule has 0 bridgehead atoms. The third-order valence-corrected chi connectivity index (χ3v) is 3.76. The maximum absolute atomic E-state index is 12.2. The van der Waals surface area contributed by atoms with Crippen molar-refractivity contribution < 1.29 is 14.3 Å². The van der Waals surface area contributed by atoms with Crippen molar-refractivity contribution in [3.63, 3.8) is 0 Å². The van der Waals surface area contributed by atoms with Crippen LogP contribution in [0, 0.1) is 0 Å². The number of hydrogen-bond donors (Lipinski definition) is 3. The summed E-state index contributed by atoms with van der Waals surface area (Å²) in [6.45, 7) is 2.80. The average molecular weight is 289 g/mol. The van der Waals surface area contributed by atoms with Crippen LogP contribution in [0.15, 0.2) is 18.2 Å². The standard InChI is InChI=1S/C15H19N3O3/c19-14-4-2-10-7-11(1-3-13(10)18-14)15(20)17-9-12-8-16-5-6-21-12/h1,3,7,12,16H,2,4-6,8-9H2,(H,17,20)(H,18,19). The first-order valence-corrected chi connectivity index (χ1v) is 7.25. The van der Waals surface area contributed by atoms with Crippen LogP contribution in [0.5, 0.6) is 0 Å². The highest BCUT2D eigenvalue weighted by atomic mass is 16.5. The van der Waals surface area contributed by atoms with Crippen molar-refractivity contribution in [3.8, 4) is 0 Å². The maximum Gasteiger partial charge on any atom is 0.251 e. The quantitative estimate of drug-likeness (QED) is 0.747. The van der Waals surface area contributed by atoms with Gasteiger partial charge in [0.05, 0.1) is 12.7 Å². The van der Waals surface area contributed by atoms with E-state index in [2.05, 4.69) is 16.0 Å². The summed E-state index contributed by atoms with van der Waals surface area (Å²) in [5, 5.41) is 8.93. The van der Waals surface area contributed by atoms with Gasteiger partial charge in [0.1, 0.15) is 0 Å². The Morgan fingerprint density at radius 3 is 3.10 bits per heavy atom. The second kappa shape index (κ2) is 6.24. The van der Waals surface area contributed by atoms with E-state index in [4.69, 9.17) is 4.74 Å². The number of carbonyl (C=O) groups is 2. The Kier molecular flexibility index (Phi) is 4.17. The van der Waals surface area contributed by atoms with Crippen molar-refractivity contribution in [2.75, 3.05) is 31.6 Å². The van der Waals surface area contributed by atoms with Crippen molar-refractivity contribution in [2.45, 2.75) is 18.9 Å². The summed E-state index contributed by atoms with van der Waals surface area (Å²) in [7, 11) is 0. The molecule has 1 unspecified atom stereocenters. The Hall–Kier alpha value is -1.92. The molecule has 0 aliphatic carbocycles. The van der Waals surface area contributed by atoms with E-state index in [9.17, 15) is 9.59 Å². The zero-order chi connectivity index (χ0) is 14.7. The predicted molar refractivity (Wildman–Crippen MR) is 78.3 cm³/mol. The highest BCUT2D eigenvalue weighted by Crippen LogP contribution is 2.23. The largest absolute Gasteiger partial charge is 0.374 e. The molecule has 2 heterocycles. The molecular formula is C15H19N3O3. The van der Waals surface area contributed by atoms with Crippen LogP contribution in [0.25, 0.3) is 0 Å². The lowest BCUT2D eigenvalue weighted by molar-refractivity contribution is -0.116. The molecule has 6 nitrogen and oxygen atoms in total. The van der Waals surface area contributed by atoms with Crippen LogP contribution >= 0.6 is 0 Å². The second-order valence-corrected chi connectivity index (χ2v) is 5.33. The Bertz CT molecular complexity index is 553. The molecule has 0 spiro atoms. The number of aryl methyl sites for hydroxylation is 1. The Balaban J connectivity index is 1.60. The van der Waals surface area contributed by atoms with Crippen LogP contribution in [0.2, 0.25) is 0 Å². The molecule has 2 amide bonds. The van der Waals surface area contributed by atoms with Crippen LogP contribution in [0.1, 0.15) is 22.3 Å². The molecule has 1 atom stereocenters. The summed E-state index contributed by atoms with van der Waals surface area (Å²) in [6, 6.07) is 5.38. The second-order valence-electron chi connectivity index (χ2n) is 5.33. The summed E-state index contributed by atoms with van der Waals surface area (Å²) < 4.78 is 5.54. The van der Waals surface area contributed by atoms with E-state index in [1.54, 1.807) is 12.1 Å². The summed E-state index contributed by atoms with van der Waals surface area (Å²) in [5.74, 6) is -0.0782. The van der Waals surface area contributed by atoms with Gasteiger partial charge in [0.15, 0.2) is 0 Å². The van der Waals surface area contributed by atoms with Gasteiger partial charge < -0.3 is 20.7 Å². The molecule has 2 aliphatic rings. The third-order valence-electron chi connectivity index (χ3n) is 3.76. The monoisotopic (exact) mass is 289 g/mol. The number of morpholine rings is 1. The van der Waals surface area contributed by atoms with Crippen LogP contribution in [-0.4, -0.2) is 44.2 Å². The fourth-order valence-corrected chi connectivity index (χ4v) is 2.58. The van der Waals surface area contributed by atoms with Gasteiger partial charge in [0, 0.05) is 37.3 Å². The molecular weight excluding hydrogens is 270 g/mol. The number of anilines is 1. The molecule has 1 aromatic rings. The van der Waals surface area contributed by atoms with Crippen LogP contribution in [-0.2, 0) is 16.0 Å². The topological polar surface area (TPSA) is 79.5 Å². The van der Waals surface area contributed by atoms with Gasteiger partial charge in [0.25, 0.3) is 5.91 Å². The highest BCUT2D eigenvalue weighted by Gasteiger charge is 2.18. The van der Waals surface area contributed by atoms with Crippen molar-refractivity contribution in [1.29, 1.82) is 0 Å². The smallest absolute Gasteiger partial charge is 0.251 e. The first kappa shape index (κ1) is 14.0. The molecule has 6 heteroatoms. The van der Waals surface area contributed by atoms with Crippen LogP contribution in [0.3, 0.4) is 0 Å². The molecule has 2 aliphatic heterocycles. The minimum Gasteiger partial charge on any atom is -0.374 e. The van der Waals surface area contributed by atoms with Crippen LogP contribution < -0.4 is 16.0 Å². The lowest BCUT2D eigenvalue weighted by atomic mass is 10.00. The number of amides is 2. The molecule has 1 saturated heterocycles. The van der Waals surface area contributed by atoms with E-state index < -0.39 is 0 Å². The zero-order valence-corrected chi connectivity index (χ0v) is 11.8. The van der Waals surface area contributed by atoms with Gasteiger partial charge in [-0.1, -0.05) is 0 Å².